The van der Waals surface area contributed by atoms with Gasteiger partial charge in [0.2, 0.25) is 0 Å². The van der Waals surface area contributed by atoms with Gasteiger partial charge in [0, 0.05) is 0 Å². The zero-order valence-corrected chi connectivity index (χ0v) is 19.6. The number of carbonyl (C=O) groups is 2. The third-order valence-corrected chi connectivity index (χ3v) is 5.32. The lowest BCUT2D eigenvalue weighted by Crippen LogP contribution is -2.05. The lowest BCUT2D eigenvalue weighted by molar-refractivity contribution is 0.0464. The quantitative estimate of drug-likeness (QED) is 0.282. The van der Waals surface area contributed by atoms with E-state index in [0.717, 1.165) is 11.1 Å². The van der Waals surface area contributed by atoms with Crippen molar-refractivity contribution < 1.29 is 23.8 Å². The van der Waals surface area contributed by atoms with Crippen molar-refractivity contribution >= 4 is 11.9 Å². The van der Waals surface area contributed by atoms with Gasteiger partial charge in [-0.3, -0.25) is 0 Å². The van der Waals surface area contributed by atoms with Crippen molar-refractivity contribution in [2.75, 3.05) is 0 Å². The summed E-state index contributed by atoms with van der Waals surface area (Å²) in [6, 6.07) is 30.7. The molecule has 0 atom stereocenters. The number of nitrogens with zero attached hydrogens (tertiary/aromatic N) is 2. The molecule has 0 unspecified atom stereocenters. The predicted molar refractivity (Wildman–Crippen MR) is 134 cm³/mol. The molecular formula is C30H20N2O5. The Morgan fingerprint density at radius 1 is 0.541 bits per heavy atom. The summed E-state index contributed by atoms with van der Waals surface area (Å²) < 4.78 is 16.4. The number of hydrogen-bond donors (Lipinski definition) is 0. The van der Waals surface area contributed by atoms with Gasteiger partial charge in [0.1, 0.15) is 24.7 Å². The van der Waals surface area contributed by atoms with E-state index in [9.17, 15) is 9.59 Å². The second-order valence-electron chi connectivity index (χ2n) is 7.92. The van der Waals surface area contributed by atoms with Crippen LogP contribution in [0.3, 0.4) is 0 Å². The fourth-order valence-electron chi connectivity index (χ4n) is 3.27. The summed E-state index contributed by atoms with van der Waals surface area (Å²) in [6.07, 6.45) is 0. The van der Waals surface area contributed by atoms with E-state index in [1.165, 1.54) is 0 Å². The van der Waals surface area contributed by atoms with Gasteiger partial charge in [-0.1, -0.05) is 24.3 Å². The van der Waals surface area contributed by atoms with Crippen LogP contribution in [0, 0.1) is 22.7 Å². The maximum absolute atomic E-state index is 12.3. The van der Waals surface area contributed by atoms with Gasteiger partial charge in [0.25, 0.3) is 0 Å². The van der Waals surface area contributed by atoms with Crippen LogP contribution in [0.4, 0.5) is 0 Å². The zero-order chi connectivity index (χ0) is 26.0. The number of nitriles is 2. The Labute approximate surface area is 213 Å². The molecule has 7 heteroatoms. The Balaban J connectivity index is 1.27. The Morgan fingerprint density at radius 3 is 1.22 bits per heavy atom. The van der Waals surface area contributed by atoms with E-state index >= 15 is 0 Å². The number of hydrogen-bond acceptors (Lipinski definition) is 7. The summed E-state index contributed by atoms with van der Waals surface area (Å²) in [5.74, 6) is 0.0825. The van der Waals surface area contributed by atoms with Crippen molar-refractivity contribution in [1.29, 1.82) is 10.5 Å². The van der Waals surface area contributed by atoms with Gasteiger partial charge in [-0.2, -0.15) is 10.5 Å². The highest BCUT2D eigenvalue weighted by molar-refractivity contribution is 5.90. The van der Waals surface area contributed by atoms with Gasteiger partial charge < -0.3 is 14.2 Å². The minimum Gasteiger partial charge on any atom is -0.457 e. The molecule has 0 aliphatic heterocycles. The minimum atomic E-state index is -0.472. The zero-order valence-electron chi connectivity index (χ0n) is 19.6. The molecular weight excluding hydrogens is 468 g/mol. The van der Waals surface area contributed by atoms with Crippen LogP contribution in [0.1, 0.15) is 43.0 Å². The van der Waals surface area contributed by atoms with Crippen LogP contribution in [0.2, 0.25) is 0 Å². The number of carbonyl (C=O) groups excluding carboxylic acids is 2. The first-order valence-electron chi connectivity index (χ1n) is 11.2. The third-order valence-electron chi connectivity index (χ3n) is 5.32. The number of benzene rings is 4. The first kappa shape index (κ1) is 24.7. The lowest BCUT2D eigenvalue weighted by atomic mass is 10.1. The monoisotopic (exact) mass is 488 g/mol. The molecule has 0 radical (unpaired) electrons. The largest absolute Gasteiger partial charge is 0.457 e. The average molecular weight is 488 g/mol. The Morgan fingerprint density at radius 2 is 0.892 bits per heavy atom. The van der Waals surface area contributed by atoms with Crippen molar-refractivity contribution in [1.82, 2.24) is 0 Å². The maximum Gasteiger partial charge on any atom is 0.338 e. The number of esters is 2. The van der Waals surface area contributed by atoms with Crippen LogP contribution in [-0.2, 0) is 22.7 Å². The molecule has 37 heavy (non-hydrogen) atoms. The molecule has 4 aromatic carbocycles. The molecule has 0 fully saturated rings. The Bertz CT molecular complexity index is 1350. The highest BCUT2D eigenvalue weighted by Gasteiger charge is 2.10. The highest BCUT2D eigenvalue weighted by Crippen LogP contribution is 2.23. The first-order chi connectivity index (χ1) is 18.0. The summed E-state index contributed by atoms with van der Waals surface area (Å²) in [4.78, 5) is 24.6. The first-order valence-corrected chi connectivity index (χ1v) is 11.2. The fourth-order valence-corrected chi connectivity index (χ4v) is 3.27. The van der Waals surface area contributed by atoms with Gasteiger partial charge >= 0.3 is 11.9 Å². The molecule has 4 rings (SSSR count). The SMILES string of the molecule is N#Cc1ccc(COC(=O)c2ccc(Oc3ccc(C(=O)OCc4ccc(C#N)cc4)cc3)cc2)cc1. The minimum absolute atomic E-state index is 0.102. The average Bonchev–Trinajstić information content (AvgIpc) is 2.96. The fraction of sp³-hybridized carbons (Fsp3) is 0.0667. The van der Waals surface area contributed by atoms with Crippen LogP contribution in [0.5, 0.6) is 11.5 Å². The van der Waals surface area contributed by atoms with E-state index in [2.05, 4.69) is 0 Å². The van der Waals surface area contributed by atoms with Gasteiger partial charge in [-0.05, 0) is 83.9 Å². The van der Waals surface area contributed by atoms with E-state index < -0.39 is 11.9 Å². The van der Waals surface area contributed by atoms with Crippen molar-refractivity contribution in [3.63, 3.8) is 0 Å². The second kappa shape index (κ2) is 11.8. The van der Waals surface area contributed by atoms with Crippen LogP contribution < -0.4 is 4.74 Å². The molecule has 0 saturated carbocycles. The Hall–Kier alpha value is -5.40. The van der Waals surface area contributed by atoms with E-state index in [1.54, 1.807) is 97.1 Å². The Kier molecular flexibility index (Phi) is 7.90. The standard InChI is InChI=1S/C30H20N2O5/c31-17-21-1-5-23(6-2-21)19-35-29(33)25-9-13-27(14-10-25)37-28-15-11-26(12-16-28)30(34)36-20-24-7-3-22(18-32)4-8-24/h1-16H,19-20H2. The smallest absolute Gasteiger partial charge is 0.338 e. The second-order valence-corrected chi connectivity index (χ2v) is 7.92. The molecule has 0 bridgehead atoms. The van der Waals surface area contributed by atoms with Crippen LogP contribution in [0.25, 0.3) is 0 Å². The molecule has 0 aliphatic rings. The van der Waals surface area contributed by atoms with Crippen LogP contribution in [0.15, 0.2) is 97.1 Å². The van der Waals surface area contributed by atoms with E-state index in [0.29, 0.717) is 33.8 Å². The number of rotatable bonds is 8. The van der Waals surface area contributed by atoms with Crippen molar-refractivity contribution in [3.05, 3.63) is 130 Å². The van der Waals surface area contributed by atoms with Crippen LogP contribution >= 0.6 is 0 Å². The van der Waals surface area contributed by atoms with Gasteiger partial charge in [-0.15, -0.1) is 0 Å². The molecule has 0 aromatic heterocycles. The summed E-state index contributed by atoms with van der Waals surface area (Å²) in [5, 5.41) is 17.7. The molecule has 0 heterocycles. The van der Waals surface area contributed by atoms with Crippen molar-refractivity contribution in [2.24, 2.45) is 0 Å². The summed E-state index contributed by atoms with van der Waals surface area (Å²) in [5.41, 5.74) is 3.41. The molecule has 180 valence electrons. The molecule has 0 saturated heterocycles. The van der Waals surface area contributed by atoms with Crippen molar-refractivity contribution in [2.45, 2.75) is 13.2 Å². The van der Waals surface area contributed by atoms with E-state index in [4.69, 9.17) is 24.7 Å². The summed E-state index contributed by atoms with van der Waals surface area (Å²) in [6.45, 7) is 0.204. The van der Waals surface area contributed by atoms with Gasteiger partial charge in [-0.25, -0.2) is 9.59 Å². The van der Waals surface area contributed by atoms with Crippen LogP contribution in [-0.4, -0.2) is 11.9 Å². The summed E-state index contributed by atoms with van der Waals surface area (Å²) >= 11 is 0. The van der Waals surface area contributed by atoms with Gasteiger partial charge in [0.05, 0.1) is 34.4 Å². The molecule has 0 spiro atoms. The molecule has 0 aliphatic carbocycles. The molecule has 0 amide bonds. The predicted octanol–water partition coefficient (Wildman–Crippen LogP) is 5.94. The molecule has 7 nitrogen and oxygen atoms in total. The summed E-state index contributed by atoms with van der Waals surface area (Å²) in [7, 11) is 0. The van der Waals surface area contributed by atoms with Crippen molar-refractivity contribution in [3.8, 4) is 23.6 Å². The van der Waals surface area contributed by atoms with E-state index in [1.807, 2.05) is 12.1 Å². The maximum atomic E-state index is 12.3. The van der Waals surface area contributed by atoms with Gasteiger partial charge in [0.15, 0.2) is 0 Å². The topological polar surface area (TPSA) is 109 Å². The van der Waals surface area contributed by atoms with E-state index in [-0.39, 0.29) is 13.2 Å². The highest BCUT2D eigenvalue weighted by atomic mass is 16.5. The third kappa shape index (κ3) is 6.82. The lowest BCUT2D eigenvalue weighted by Gasteiger charge is -2.09. The molecule has 0 N–H and O–H groups in total. The normalized spacial score (nSPS) is 10.0. The molecule has 4 aromatic rings. The number of ether oxygens (including phenoxy) is 3.